The van der Waals surface area contributed by atoms with Gasteiger partial charge in [0.15, 0.2) is 4.67 Å². The van der Waals surface area contributed by atoms with E-state index in [-0.39, 0.29) is 0 Å². The lowest BCUT2D eigenvalue weighted by molar-refractivity contribution is 0.0105. The number of halogens is 1. The van der Waals surface area contributed by atoms with E-state index in [1.54, 1.807) is 6.26 Å². The fourth-order valence-electron chi connectivity index (χ4n) is 1.36. The van der Waals surface area contributed by atoms with Crippen LogP contribution < -0.4 is 5.43 Å². The molecule has 1 fully saturated rings. The van der Waals surface area contributed by atoms with Gasteiger partial charge in [0.2, 0.25) is 0 Å². The van der Waals surface area contributed by atoms with Crippen LogP contribution in [0.3, 0.4) is 0 Å². The van der Waals surface area contributed by atoms with E-state index in [9.17, 15) is 0 Å². The van der Waals surface area contributed by atoms with Crippen LogP contribution in [0.5, 0.6) is 0 Å². The van der Waals surface area contributed by atoms with Gasteiger partial charge in [0.25, 0.3) is 0 Å². The molecule has 2 heterocycles. The molecule has 2 rings (SSSR count). The van der Waals surface area contributed by atoms with Gasteiger partial charge in [-0.1, -0.05) is 0 Å². The average Bonchev–Trinajstić information content (AvgIpc) is 2.63. The number of nitrogens with zero attached hydrogens (tertiary/aromatic N) is 1. The van der Waals surface area contributed by atoms with Gasteiger partial charge in [0, 0.05) is 25.2 Å². The number of furan rings is 1. The molecule has 1 N–H and O–H groups in total. The zero-order chi connectivity index (χ0) is 9.80. The molecule has 1 aliphatic heterocycles. The third-order valence-corrected chi connectivity index (χ3v) is 2.56. The van der Waals surface area contributed by atoms with Crippen molar-refractivity contribution in [3.8, 4) is 0 Å². The maximum absolute atomic E-state index is 5.25. The molecule has 1 saturated heterocycles. The Morgan fingerprint density at radius 2 is 2.21 bits per heavy atom. The summed E-state index contributed by atoms with van der Waals surface area (Å²) < 4.78 is 11.2. The molecule has 1 aromatic rings. The summed E-state index contributed by atoms with van der Waals surface area (Å²) in [5.41, 5.74) is 4.47. The largest absolute Gasteiger partial charge is 0.457 e. The second-order valence-corrected chi connectivity index (χ2v) is 3.97. The van der Waals surface area contributed by atoms with E-state index in [2.05, 4.69) is 26.4 Å². The highest BCUT2D eigenvalue weighted by molar-refractivity contribution is 9.10. The minimum absolute atomic E-state index is 0.774. The van der Waals surface area contributed by atoms with Crippen LogP contribution in [0.4, 0.5) is 0 Å². The average molecular weight is 261 g/mol. The molecule has 0 aromatic carbocycles. The van der Waals surface area contributed by atoms with Crippen LogP contribution in [0, 0.1) is 0 Å². The molecule has 0 bridgehead atoms. The molecule has 0 aliphatic carbocycles. The number of hydrogen-bond acceptors (Lipinski definition) is 4. The van der Waals surface area contributed by atoms with E-state index >= 15 is 0 Å². The molecular weight excluding hydrogens is 248 g/mol. The van der Waals surface area contributed by atoms with Gasteiger partial charge >= 0.3 is 0 Å². The summed E-state index contributed by atoms with van der Waals surface area (Å²) in [4.78, 5) is 0. The second-order valence-electron chi connectivity index (χ2n) is 3.19. The number of hydrazine groups is 1. The minimum Gasteiger partial charge on any atom is -0.457 e. The first kappa shape index (κ1) is 10.2. The maximum atomic E-state index is 5.25. The van der Waals surface area contributed by atoms with Crippen molar-refractivity contribution in [2.24, 2.45) is 0 Å². The van der Waals surface area contributed by atoms with Gasteiger partial charge in [-0.25, -0.2) is 5.01 Å². The van der Waals surface area contributed by atoms with Gasteiger partial charge in [-0.2, -0.15) is 0 Å². The van der Waals surface area contributed by atoms with E-state index in [4.69, 9.17) is 9.15 Å². The smallest absolute Gasteiger partial charge is 0.169 e. The Morgan fingerprint density at radius 1 is 1.43 bits per heavy atom. The monoisotopic (exact) mass is 260 g/mol. The molecule has 0 amide bonds. The minimum atomic E-state index is 0.774. The van der Waals surface area contributed by atoms with Crippen LogP contribution in [0.15, 0.2) is 21.4 Å². The van der Waals surface area contributed by atoms with E-state index in [1.165, 1.54) is 0 Å². The van der Waals surface area contributed by atoms with Crippen LogP contribution >= 0.6 is 15.9 Å². The van der Waals surface area contributed by atoms with Crippen molar-refractivity contribution in [2.75, 3.05) is 26.3 Å². The lowest BCUT2D eigenvalue weighted by atomic mass is 10.3. The normalized spacial score (nSPS) is 18.6. The fraction of sp³-hybridized carbons (Fsp3) is 0.556. The zero-order valence-electron chi connectivity index (χ0n) is 7.83. The predicted molar refractivity (Wildman–Crippen MR) is 55.6 cm³/mol. The predicted octanol–water partition coefficient (Wildman–Crippen LogP) is 1.38. The third-order valence-electron chi connectivity index (χ3n) is 2.14. The highest BCUT2D eigenvalue weighted by Crippen LogP contribution is 2.13. The summed E-state index contributed by atoms with van der Waals surface area (Å²) in [7, 11) is 0. The number of hydrogen-bond donors (Lipinski definition) is 1. The Hall–Kier alpha value is -0.360. The lowest BCUT2D eigenvalue weighted by Gasteiger charge is -2.26. The van der Waals surface area contributed by atoms with Crippen molar-refractivity contribution < 1.29 is 9.15 Å². The highest BCUT2D eigenvalue weighted by Gasteiger charge is 2.09. The van der Waals surface area contributed by atoms with Gasteiger partial charge in [-0.05, 0) is 22.0 Å². The molecule has 1 aromatic heterocycles. The van der Waals surface area contributed by atoms with Crippen molar-refractivity contribution >= 4 is 15.9 Å². The number of rotatable bonds is 3. The van der Waals surface area contributed by atoms with Gasteiger partial charge < -0.3 is 9.15 Å². The molecule has 5 heteroatoms. The Balaban J connectivity index is 1.76. The first-order valence-electron chi connectivity index (χ1n) is 4.64. The van der Waals surface area contributed by atoms with Crippen LogP contribution in [-0.2, 0) is 11.3 Å². The fourth-order valence-corrected chi connectivity index (χ4v) is 1.75. The maximum Gasteiger partial charge on any atom is 0.169 e. The standard InChI is InChI=1S/C9H13BrN2O2/c10-9-5-8(7-14-9)6-11-12-1-3-13-4-2-12/h5,7,11H,1-4,6H2. The van der Waals surface area contributed by atoms with Crippen molar-refractivity contribution in [3.63, 3.8) is 0 Å². The Labute approximate surface area is 91.3 Å². The molecule has 0 unspecified atom stereocenters. The van der Waals surface area contributed by atoms with E-state index < -0.39 is 0 Å². The summed E-state index contributed by atoms with van der Waals surface area (Å²) >= 11 is 3.27. The molecule has 4 nitrogen and oxygen atoms in total. The second kappa shape index (κ2) is 4.93. The van der Waals surface area contributed by atoms with Gasteiger partial charge in [-0.15, -0.1) is 0 Å². The van der Waals surface area contributed by atoms with Crippen molar-refractivity contribution in [3.05, 3.63) is 22.6 Å². The summed E-state index contributed by atoms with van der Waals surface area (Å²) in [6.45, 7) is 4.30. The molecule has 1 aliphatic rings. The summed E-state index contributed by atoms with van der Waals surface area (Å²) in [5.74, 6) is 0. The Bertz CT molecular complexity index is 284. The van der Waals surface area contributed by atoms with Crippen LogP contribution in [0.2, 0.25) is 0 Å². The number of morpholine rings is 1. The zero-order valence-corrected chi connectivity index (χ0v) is 9.42. The first-order valence-corrected chi connectivity index (χ1v) is 5.43. The van der Waals surface area contributed by atoms with E-state index in [0.29, 0.717) is 0 Å². The van der Waals surface area contributed by atoms with Crippen LogP contribution in [-0.4, -0.2) is 31.3 Å². The summed E-state index contributed by atoms with van der Waals surface area (Å²) in [5, 5.41) is 2.17. The van der Waals surface area contributed by atoms with E-state index in [1.807, 2.05) is 6.07 Å². The van der Waals surface area contributed by atoms with Crippen molar-refractivity contribution in [2.45, 2.75) is 6.54 Å². The topological polar surface area (TPSA) is 37.6 Å². The van der Waals surface area contributed by atoms with Gasteiger partial charge in [0.1, 0.15) is 0 Å². The van der Waals surface area contributed by atoms with Crippen LogP contribution in [0.1, 0.15) is 5.56 Å². The molecule has 14 heavy (non-hydrogen) atoms. The van der Waals surface area contributed by atoms with Gasteiger partial charge in [0.05, 0.1) is 19.5 Å². The Morgan fingerprint density at radius 3 is 2.86 bits per heavy atom. The molecule has 0 radical (unpaired) electrons. The summed E-state index contributed by atoms with van der Waals surface area (Å²) in [6, 6.07) is 1.97. The number of nitrogens with one attached hydrogen (secondary N) is 1. The van der Waals surface area contributed by atoms with Crippen molar-refractivity contribution in [1.82, 2.24) is 10.4 Å². The third kappa shape index (κ3) is 2.81. The molecule has 0 saturated carbocycles. The van der Waals surface area contributed by atoms with Gasteiger partial charge in [-0.3, -0.25) is 5.43 Å². The lowest BCUT2D eigenvalue weighted by Crippen LogP contribution is -2.45. The van der Waals surface area contributed by atoms with Crippen molar-refractivity contribution in [1.29, 1.82) is 0 Å². The van der Waals surface area contributed by atoms with Crippen LogP contribution in [0.25, 0.3) is 0 Å². The quantitative estimate of drug-likeness (QED) is 0.892. The highest BCUT2D eigenvalue weighted by atomic mass is 79.9. The molecule has 0 atom stereocenters. The SMILES string of the molecule is Brc1cc(CNN2CCOCC2)co1. The summed E-state index contributed by atoms with van der Waals surface area (Å²) in [6.07, 6.45) is 1.75. The molecule has 78 valence electrons. The van der Waals surface area contributed by atoms with E-state index in [0.717, 1.165) is 43.1 Å². The Kier molecular flexibility index (Phi) is 3.58. The molecular formula is C9H13BrN2O2. The first-order chi connectivity index (χ1) is 6.84. The number of ether oxygens (including phenoxy) is 1. The molecule has 0 spiro atoms.